The van der Waals surface area contributed by atoms with Crippen LogP contribution in [0.25, 0.3) is 0 Å². The molecule has 2 nitrogen and oxygen atoms in total. The number of benzene rings is 1. The minimum Gasteiger partial charge on any atom is -0.313 e. The summed E-state index contributed by atoms with van der Waals surface area (Å²) >= 11 is 0. The van der Waals surface area contributed by atoms with Crippen molar-refractivity contribution in [3.8, 4) is 0 Å². The van der Waals surface area contributed by atoms with Gasteiger partial charge in [-0.05, 0) is 38.8 Å². The summed E-state index contributed by atoms with van der Waals surface area (Å²) in [5, 5.41) is 7.12. The third-order valence-electron chi connectivity index (χ3n) is 3.37. The van der Waals surface area contributed by atoms with Crippen molar-refractivity contribution in [3.63, 3.8) is 0 Å². The van der Waals surface area contributed by atoms with Gasteiger partial charge in [0.2, 0.25) is 0 Å². The van der Waals surface area contributed by atoms with Crippen LogP contribution in [0.2, 0.25) is 0 Å². The van der Waals surface area contributed by atoms with E-state index in [-0.39, 0.29) is 0 Å². The van der Waals surface area contributed by atoms with E-state index in [1.165, 1.54) is 30.5 Å². The first kappa shape index (κ1) is 11.6. The maximum atomic E-state index is 3.61. The second-order valence-electron chi connectivity index (χ2n) is 4.84. The summed E-state index contributed by atoms with van der Waals surface area (Å²) in [7, 11) is 0. The summed E-state index contributed by atoms with van der Waals surface area (Å²) in [5.74, 6) is 0. The molecular weight excluding hydrogens is 196 g/mol. The third kappa shape index (κ3) is 3.06. The van der Waals surface area contributed by atoms with Crippen LogP contribution in [0.1, 0.15) is 36.9 Å². The zero-order valence-corrected chi connectivity index (χ0v) is 10.3. The summed E-state index contributed by atoms with van der Waals surface area (Å²) in [5.41, 5.74) is 2.73. The average molecular weight is 218 g/mol. The maximum Gasteiger partial charge on any atom is 0.0292 e. The molecule has 1 aromatic rings. The van der Waals surface area contributed by atoms with E-state index >= 15 is 0 Å². The Bertz CT molecular complexity index is 329. The second-order valence-corrected chi connectivity index (χ2v) is 4.84. The molecule has 2 atom stereocenters. The molecule has 2 rings (SSSR count). The Morgan fingerprint density at radius 3 is 3.06 bits per heavy atom. The van der Waals surface area contributed by atoms with Crippen LogP contribution in [-0.4, -0.2) is 19.1 Å². The van der Waals surface area contributed by atoms with E-state index < -0.39 is 0 Å². The lowest BCUT2D eigenvalue weighted by Crippen LogP contribution is -2.35. The molecule has 1 fully saturated rings. The number of hydrogen-bond donors (Lipinski definition) is 2. The fraction of sp³-hybridized carbons (Fsp3) is 0.571. The summed E-state index contributed by atoms with van der Waals surface area (Å²) in [6.45, 7) is 6.65. The van der Waals surface area contributed by atoms with Crippen molar-refractivity contribution in [3.05, 3.63) is 35.4 Å². The molecule has 2 N–H and O–H groups in total. The summed E-state index contributed by atoms with van der Waals surface area (Å²) in [6.07, 6.45) is 2.64. The Balaban J connectivity index is 1.85. The van der Waals surface area contributed by atoms with E-state index in [0.717, 1.165) is 6.54 Å². The zero-order chi connectivity index (χ0) is 11.4. The van der Waals surface area contributed by atoms with Crippen LogP contribution in [0.4, 0.5) is 0 Å². The molecule has 0 saturated carbocycles. The summed E-state index contributed by atoms with van der Waals surface area (Å²) in [6, 6.07) is 9.87. The highest BCUT2D eigenvalue weighted by Crippen LogP contribution is 2.14. The first-order chi connectivity index (χ1) is 7.75. The van der Waals surface area contributed by atoms with Crippen LogP contribution in [0, 0.1) is 6.92 Å². The van der Waals surface area contributed by atoms with E-state index in [0.29, 0.717) is 12.1 Å². The van der Waals surface area contributed by atoms with Crippen LogP contribution >= 0.6 is 0 Å². The standard InChI is InChI=1S/C14H22N2/c1-11-5-3-6-13(9-11)12(2)16-10-14-7-4-8-15-14/h3,5-6,9,12,14-16H,4,7-8,10H2,1-2H3/t12-,14?/m1/s1. The minimum absolute atomic E-state index is 0.447. The van der Waals surface area contributed by atoms with Crippen LogP contribution in [0.3, 0.4) is 0 Å². The normalized spacial score (nSPS) is 22.2. The molecule has 1 unspecified atom stereocenters. The molecule has 0 aromatic heterocycles. The van der Waals surface area contributed by atoms with Crippen LogP contribution in [0.15, 0.2) is 24.3 Å². The molecule has 0 amide bonds. The van der Waals surface area contributed by atoms with Crippen molar-refractivity contribution in [2.45, 2.75) is 38.8 Å². The lowest BCUT2D eigenvalue weighted by Gasteiger charge is -2.18. The fourth-order valence-corrected chi connectivity index (χ4v) is 2.31. The Morgan fingerprint density at radius 2 is 2.38 bits per heavy atom. The van der Waals surface area contributed by atoms with Gasteiger partial charge in [0.1, 0.15) is 0 Å². The van der Waals surface area contributed by atoms with Gasteiger partial charge in [0.15, 0.2) is 0 Å². The van der Waals surface area contributed by atoms with E-state index in [1.54, 1.807) is 0 Å². The monoisotopic (exact) mass is 218 g/mol. The highest BCUT2D eigenvalue weighted by atomic mass is 15.0. The number of rotatable bonds is 4. The Morgan fingerprint density at radius 1 is 1.50 bits per heavy atom. The molecular formula is C14H22N2. The Hall–Kier alpha value is -0.860. The van der Waals surface area contributed by atoms with Crippen LogP contribution in [-0.2, 0) is 0 Å². The van der Waals surface area contributed by atoms with Crippen molar-refractivity contribution in [2.24, 2.45) is 0 Å². The number of aryl methyl sites for hydroxylation is 1. The molecule has 0 radical (unpaired) electrons. The molecule has 1 aliphatic heterocycles. The maximum absolute atomic E-state index is 3.61. The molecule has 1 heterocycles. The number of nitrogens with one attached hydrogen (secondary N) is 2. The van der Waals surface area contributed by atoms with Gasteiger partial charge in [-0.15, -0.1) is 0 Å². The molecule has 0 aliphatic carbocycles. The molecule has 88 valence electrons. The molecule has 0 bridgehead atoms. The first-order valence-electron chi connectivity index (χ1n) is 6.29. The van der Waals surface area contributed by atoms with Gasteiger partial charge in [0, 0.05) is 18.6 Å². The smallest absolute Gasteiger partial charge is 0.0292 e. The van der Waals surface area contributed by atoms with E-state index in [9.17, 15) is 0 Å². The van der Waals surface area contributed by atoms with E-state index in [2.05, 4.69) is 48.7 Å². The second kappa shape index (κ2) is 5.46. The van der Waals surface area contributed by atoms with Crippen molar-refractivity contribution in [2.75, 3.05) is 13.1 Å². The van der Waals surface area contributed by atoms with Gasteiger partial charge in [-0.1, -0.05) is 29.8 Å². The van der Waals surface area contributed by atoms with Gasteiger partial charge in [-0.25, -0.2) is 0 Å². The highest BCUT2D eigenvalue weighted by molar-refractivity contribution is 5.24. The fourth-order valence-electron chi connectivity index (χ4n) is 2.31. The van der Waals surface area contributed by atoms with Gasteiger partial charge in [0.25, 0.3) is 0 Å². The predicted octanol–water partition coefficient (Wildman–Crippen LogP) is 2.40. The van der Waals surface area contributed by atoms with Crippen LogP contribution in [0.5, 0.6) is 0 Å². The summed E-state index contributed by atoms with van der Waals surface area (Å²) in [4.78, 5) is 0. The molecule has 1 saturated heterocycles. The van der Waals surface area contributed by atoms with Crippen molar-refractivity contribution >= 4 is 0 Å². The molecule has 2 heteroatoms. The van der Waals surface area contributed by atoms with Crippen molar-refractivity contribution < 1.29 is 0 Å². The molecule has 16 heavy (non-hydrogen) atoms. The van der Waals surface area contributed by atoms with E-state index in [1.807, 2.05) is 0 Å². The predicted molar refractivity (Wildman–Crippen MR) is 68.6 cm³/mol. The topological polar surface area (TPSA) is 24.1 Å². The Kier molecular flexibility index (Phi) is 3.97. The Labute approximate surface area is 98.4 Å². The van der Waals surface area contributed by atoms with E-state index in [4.69, 9.17) is 0 Å². The largest absolute Gasteiger partial charge is 0.313 e. The van der Waals surface area contributed by atoms with Gasteiger partial charge in [0.05, 0.1) is 0 Å². The van der Waals surface area contributed by atoms with Gasteiger partial charge in [-0.3, -0.25) is 0 Å². The highest BCUT2D eigenvalue weighted by Gasteiger charge is 2.14. The molecule has 1 aromatic carbocycles. The number of hydrogen-bond acceptors (Lipinski definition) is 2. The van der Waals surface area contributed by atoms with Crippen LogP contribution < -0.4 is 10.6 Å². The van der Waals surface area contributed by atoms with Crippen molar-refractivity contribution in [1.82, 2.24) is 10.6 Å². The minimum atomic E-state index is 0.447. The average Bonchev–Trinajstić information content (AvgIpc) is 2.78. The van der Waals surface area contributed by atoms with Gasteiger partial charge >= 0.3 is 0 Å². The van der Waals surface area contributed by atoms with Gasteiger partial charge < -0.3 is 10.6 Å². The lowest BCUT2D eigenvalue weighted by atomic mass is 10.1. The quantitative estimate of drug-likeness (QED) is 0.811. The molecule has 0 spiro atoms. The zero-order valence-electron chi connectivity index (χ0n) is 10.3. The summed E-state index contributed by atoms with van der Waals surface area (Å²) < 4.78 is 0. The molecule has 1 aliphatic rings. The lowest BCUT2D eigenvalue weighted by molar-refractivity contribution is 0.489. The van der Waals surface area contributed by atoms with Crippen molar-refractivity contribution in [1.29, 1.82) is 0 Å². The third-order valence-corrected chi connectivity index (χ3v) is 3.37. The first-order valence-corrected chi connectivity index (χ1v) is 6.29. The van der Waals surface area contributed by atoms with Gasteiger partial charge in [-0.2, -0.15) is 0 Å². The SMILES string of the molecule is Cc1cccc([C@@H](C)NCC2CCCN2)c1.